The van der Waals surface area contributed by atoms with Crippen molar-refractivity contribution in [1.82, 2.24) is 15.0 Å². The molecule has 0 radical (unpaired) electrons. The Balaban J connectivity index is 2.07. The van der Waals surface area contributed by atoms with Crippen LogP contribution in [0.15, 0.2) is 48.8 Å². The fourth-order valence-corrected chi connectivity index (χ4v) is 3.16. The summed E-state index contributed by atoms with van der Waals surface area (Å²) in [6, 6.07) is 7.54. The van der Waals surface area contributed by atoms with Crippen molar-refractivity contribution in [2.75, 3.05) is 11.0 Å². The van der Waals surface area contributed by atoms with Gasteiger partial charge in [0.1, 0.15) is 11.4 Å². The summed E-state index contributed by atoms with van der Waals surface area (Å²) in [5.41, 5.74) is -1.21. The zero-order valence-electron chi connectivity index (χ0n) is 14.9. The molecule has 0 amide bonds. The van der Waals surface area contributed by atoms with Gasteiger partial charge < -0.3 is 0 Å². The van der Waals surface area contributed by atoms with Crippen LogP contribution in [0.25, 0.3) is 11.5 Å². The first-order chi connectivity index (χ1) is 13.5. The Hall–Kier alpha value is -3.08. The second-order valence-corrected chi connectivity index (χ2v) is 7.85. The quantitative estimate of drug-likeness (QED) is 0.630. The van der Waals surface area contributed by atoms with Crippen molar-refractivity contribution in [3.8, 4) is 11.5 Å². The van der Waals surface area contributed by atoms with Gasteiger partial charge >= 0.3 is 6.18 Å². The van der Waals surface area contributed by atoms with E-state index in [9.17, 15) is 26.0 Å². The van der Waals surface area contributed by atoms with E-state index < -0.39 is 27.7 Å². The number of sulfonamides is 1. The Morgan fingerprint density at radius 3 is 2.31 bits per heavy atom. The normalized spacial score (nSPS) is 12.0. The average Bonchev–Trinajstić information content (AvgIpc) is 2.64. The minimum Gasteiger partial charge on any atom is -0.281 e. The molecule has 2 heterocycles. The summed E-state index contributed by atoms with van der Waals surface area (Å²) < 4.78 is 78.8. The highest BCUT2D eigenvalue weighted by molar-refractivity contribution is 7.92. The van der Waals surface area contributed by atoms with E-state index in [0.717, 1.165) is 12.3 Å². The summed E-state index contributed by atoms with van der Waals surface area (Å²) in [6.07, 6.45) is -1.24. The summed E-state index contributed by atoms with van der Waals surface area (Å²) in [6.45, 7) is 0. The Kier molecular flexibility index (Phi) is 5.51. The molecule has 0 aliphatic rings. The van der Waals surface area contributed by atoms with E-state index in [0.29, 0.717) is 0 Å². The van der Waals surface area contributed by atoms with E-state index in [4.69, 9.17) is 0 Å². The first kappa shape index (κ1) is 20.6. The van der Waals surface area contributed by atoms with Crippen LogP contribution in [0.5, 0.6) is 0 Å². The molecule has 0 saturated carbocycles. The zero-order chi connectivity index (χ0) is 21.2. The molecule has 1 aromatic carbocycles. The Morgan fingerprint density at radius 2 is 1.69 bits per heavy atom. The molecule has 6 nitrogen and oxygen atoms in total. The summed E-state index contributed by atoms with van der Waals surface area (Å²) in [4.78, 5) is 11.5. The lowest BCUT2D eigenvalue weighted by atomic mass is 10.0. The van der Waals surface area contributed by atoms with Crippen molar-refractivity contribution < 1.29 is 26.0 Å². The van der Waals surface area contributed by atoms with Crippen molar-refractivity contribution >= 4 is 15.7 Å². The molecule has 0 aliphatic heterocycles. The average molecular weight is 426 g/mol. The van der Waals surface area contributed by atoms with Gasteiger partial charge in [-0.3, -0.25) is 4.72 Å². The molecule has 0 atom stereocenters. The molecule has 1 N–H and O–H groups in total. The fraction of sp³-hybridized carbons (Fsp3) is 0.167. The van der Waals surface area contributed by atoms with Gasteiger partial charge in [-0.25, -0.2) is 27.8 Å². The van der Waals surface area contributed by atoms with Crippen LogP contribution >= 0.6 is 0 Å². The van der Waals surface area contributed by atoms with Crippen LogP contribution in [-0.2, 0) is 22.6 Å². The van der Waals surface area contributed by atoms with Crippen LogP contribution in [0.1, 0.15) is 16.8 Å². The van der Waals surface area contributed by atoms with Crippen LogP contribution in [-0.4, -0.2) is 29.6 Å². The first-order valence-electron chi connectivity index (χ1n) is 8.14. The molecule has 0 fully saturated rings. The van der Waals surface area contributed by atoms with E-state index in [1.165, 1.54) is 42.7 Å². The van der Waals surface area contributed by atoms with Crippen LogP contribution in [0.3, 0.4) is 0 Å². The molecule has 11 heteroatoms. The van der Waals surface area contributed by atoms with Gasteiger partial charge in [-0.2, -0.15) is 13.2 Å². The van der Waals surface area contributed by atoms with E-state index in [1.54, 1.807) is 0 Å². The second kappa shape index (κ2) is 7.74. The van der Waals surface area contributed by atoms with Crippen molar-refractivity contribution in [2.45, 2.75) is 12.6 Å². The van der Waals surface area contributed by atoms with Crippen molar-refractivity contribution in [2.24, 2.45) is 0 Å². The molecule has 3 aromatic rings. The maximum atomic E-state index is 14.7. The summed E-state index contributed by atoms with van der Waals surface area (Å²) >= 11 is 0. The predicted octanol–water partition coefficient (Wildman–Crippen LogP) is 3.66. The summed E-state index contributed by atoms with van der Waals surface area (Å²) in [5.74, 6) is -0.878. The van der Waals surface area contributed by atoms with Gasteiger partial charge in [0.15, 0.2) is 11.6 Å². The minimum absolute atomic E-state index is 0.0422. The number of pyridine rings is 1. The molecule has 0 spiro atoms. The van der Waals surface area contributed by atoms with Crippen LogP contribution < -0.4 is 4.72 Å². The standard InChI is InChI=1S/C18H14F4N4O2S/c1-29(27,28)26-13-5-2-4-11(15(13)19)10-12-6-7-14(18(20,21)22)25-16(12)17-23-8-3-9-24-17/h2-9,26H,10H2,1H3. The van der Waals surface area contributed by atoms with Gasteiger partial charge in [0.25, 0.3) is 0 Å². The smallest absolute Gasteiger partial charge is 0.281 e. The molecule has 0 aliphatic carbocycles. The molecule has 152 valence electrons. The number of benzene rings is 1. The highest BCUT2D eigenvalue weighted by atomic mass is 32.2. The molecule has 2 aromatic heterocycles. The minimum atomic E-state index is -4.67. The Labute approximate surface area is 163 Å². The van der Waals surface area contributed by atoms with E-state index >= 15 is 0 Å². The summed E-state index contributed by atoms with van der Waals surface area (Å²) in [5, 5.41) is 0. The van der Waals surface area contributed by atoms with E-state index in [1.807, 2.05) is 0 Å². The Morgan fingerprint density at radius 1 is 1.00 bits per heavy atom. The number of nitrogens with zero attached hydrogens (tertiary/aromatic N) is 3. The second-order valence-electron chi connectivity index (χ2n) is 6.10. The number of alkyl halides is 3. The third-order valence-corrected chi connectivity index (χ3v) is 4.39. The largest absolute Gasteiger partial charge is 0.433 e. The van der Waals surface area contributed by atoms with Gasteiger partial charge in [0.05, 0.1) is 11.9 Å². The lowest BCUT2D eigenvalue weighted by molar-refractivity contribution is -0.141. The molecule has 3 rings (SSSR count). The van der Waals surface area contributed by atoms with Gasteiger partial charge in [0.2, 0.25) is 10.0 Å². The van der Waals surface area contributed by atoms with E-state index in [2.05, 4.69) is 19.7 Å². The molecule has 0 bridgehead atoms. The van der Waals surface area contributed by atoms with Crippen LogP contribution in [0, 0.1) is 5.82 Å². The van der Waals surface area contributed by atoms with Crippen molar-refractivity contribution in [3.05, 3.63) is 71.4 Å². The van der Waals surface area contributed by atoms with Gasteiger partial charge in [0, 0.05) is 18.8 Å². The number of aromatic nitrogens is 3. The topological polar surface area (TPSA) is 84.8 Å². The summed E-state index contributed by atoms with van der Waals surface area (Å²) in [7, 11) is -3.71. The fourth-order valence-electron chi connectivity index (χ4n) is 2.60. The van der Waals surface area contributed by atoms with Gasteiger partial charge in [-0.1, -0.05) is 18.2 Å². The van der Waals surface area contributed by atoms with Crippen LogP contribution in [0.4, 0.5) is 23.2 Å². The molecule has 0 saturated heterocycles. The number of hydrogen-bond acceptors (Lipinski definition) is 5. The lowest BCUT2D eigenvalue weighted by Crippen LogP contribution is -2.12. The molecule has 29 heavy (non-hydrogen) atoms. The van der Waals surface area contributed by atoms with Crippen LogP contribution in [0.2, 0.25) is 0 Å². The maximum absolute atomic E-state index is 14.7. The lowest BCUT2D eigenvalue weighted by Gasteiger charge is -2.13. The molecule has 0 unspecified atom stereocenters. The van der Waals surface area contributed by atoms with Gasteiger partial charge in [-0.15, -0.1) is 0 Å². The molecular formula is C18H14F4N4O2S. The predicted molar refractivity (Wildman–Crippen MR) is 97.9 cm³/mol. The third kappa shape index (κ3) is 5.05. The Bertz CT molecular complexity index is 1140. The van der Waals surface area contributed by atoms with Crippen molar-refractivity contribution in [1.29, 1.82) is 0 Å². The highest BCUT2D eigenvalue weighted by Crippen LogP contribution is 2.31. The monoisotopic (exact) mass is 426 g/mol. The SMILES string of the molecule is CS(=O)(=O)Nc1cccc(Cc2ccc(C(F)(F)F)nc2-c2ncccn2)c1F. The third-order valence-electron chi connectivity index (χ3n) is 3.80. The van der Waals surface area contributed by atoms with Crippen molar-refractivity contribution in [3.63, 3.8) is 0 Å². The molecular weight excluding hydrogens is 412 g/mol. The first-order valence-corrected chi connectivity index (χ1v) is 10.0. The zero-order valence-corrected chi connectivity index (χ0v) is 15.7. The number of hydrogen-bond donors (Lipinski definition) is 1. The number of rotatable bonds is 5. The van der Waals surface area contributed by atoms with Gasteiger partial charge in [-0.05, 0) is 29.3 Å². The highest BCUT2D eigenvalue weighted by Gasteiger charge is 2.33. The number of anilines is 1. The number of nitrogens with one attached hydrogen (secondary N) is 1. The maximum Gasteiger partial charge on any atom is 0.433 e. The number of halogens is 4. The van der Waals surface area contributed by atoms with E-state index in [-0.39, 0.29) is 34.8 Å².